The van der Waals surface area contributed by atoms with Gasteiger partial charge in [0.2, 0.25) is 0 Å². The molecule has 0 bridgehead atoms. The van der Waals surface area contributed by atoms with Crippen LogP contribution in [0.25, 0.3) is 0 Å². The number of thioether (sulfide) groups is 1. The van der Waals surface area contributed by atoms with Gasteiger partial charge in [0.25, 0.3) is 0 Å². The van der Waals surface area contributed by atoms with Crippen molar-refractivity contribution in [2.45, 2.75) is 37.6 Å². The van der Waals surface area contributed by atoms with Crippen LogP contribution in [0.3, 0.4) is 0 Å². The summed E-state index contributed by atoms with van der Waals surface area (Å²) < 4.78 is 0. The standard InChI is InChI=1S/C14H21NS/c1-3-15-11(2)13-6-8-14(9-7-13)16-10-12-4-5-12/h6-9,11-12,15H,3-5,10H2,1-2H3. The molecule has 2 heteroatoms. The van der Waals surface area contributed by atoms with E-state index in [-0.39, 0.29) is 0 Å². The Kier molecular flexibility index (Phi) is 4.30. The molecule has 1 aromatic carbocycles. The molecule has 1 N–H and O–H groups in total. The first-order valence-corrected chi connectivity index (χ1v) is 7.24. The minimum atomic E-state index is 0.465. The molecule has 16 heavy (non-hydrogen) atoms. The van der Waals surface area contributed by atoms with E-state index in [9.17, 15) is 0 Å². The molecule has 1 aliphatic carbocycles. The zero-order chi connectivity index (χ0) is 11.4. The Bertz CT molecular complexity index is 316. The molecule has 88 valence electrons. The summed E-state index contributed by atoms with van der Waals surface area (Å²) in [4.78, 5) is 1.42. The summed E-state index contributed by atoms with van der Waals surface area (Å²) in [6, 6.07) is 9.49. The van der Waals surface area contributed by atoms with E-state index in [1.54, 1.807) is 0 Å². The van der Waals surface area contributed by atoms with Crippen LogP contribution in [-0.2, 0) is 0 Å². The van der Waals surface area contributed by atoms with Gasteiger partial charge in [-0.05, 0) is 49.9 Å². The Balaban J connectivity index is 1.87. The molecule has 1 aromatic rings. The van der Waals surface area contributed by atoms with Gasteiger partial charge in [-0.1, -0.05) is 19.1 Å². The number of nitrogens with one attached hydrogen (secondary N) is 1. The van der Waals surface area contributed by atoms with Crippen LogP contribution in [0.4, 0.5) is 0 Å². The van der Waals surface area contributed by atoms with Gasteiger partial charge in [0.05, 0.1) is 0 Å². The zero-order valence-electron chi connectivity index (χ0n) is 10.2. The highest BCUT2D eigenvalue weighted by atomic mass is 32.2. The van der Waals surface area contributed by atoms with Crippen LogP contribution in [0.5, 0.6) is 0 Å². The number of hydrogen-bond donors (Lipinski definition) is 1. The average molecular weight is 235 g/mol. The van der Waals surface area contributed by atoms with Crippen molar-refractivity contribution >= 4 is 11.8 Å². The van der Waals surface area contributed by atoms with Crippen molar-refractivity contribution in [1.82, 2.24) is 5.32 Å². The molecule has 1 atom stereocenters. The predicted molar refractivity (Wildman–Crippen MR) is 72.0 cm³/mol. The second kappa shape index (κ2) is 5.74. The molecule has 1 saturated carbocycles. The molecule has 1 aliphatic rings. The average Bonchev–Trinajstić information content (AvgIpc) is 3.11. The Morgan fingerprint density at radius 3 is 2.56 bits per heavy atom. The fraction of sp³-hybridized carbons (Fsp3) is 0.571. The third-order valence-electron chi connectivity index (χ3n) is 3.07. The van der Waals surface area contributed by atoms with E-state index < -0.39 is 0 Å². The highest BCUT2D eigenvalue weighted by Gasteiger charge is 2.20. The molecule has 0 aromatic heterocycles. The molecule has 1 fully saturated rings. The van der Waals surface area contributed by atoms with E-state index in [2.05, 4.69) is 43.4 Å². The Labute approximate surface area is 103 Å². The van der Waals surface area contributed by atoms with Gasteiger partial charge < -0.3 is 5.32 Å². The van der Waals surface area contributed by atoms with Crippen molar-refractivity contribution < 1.29 is 0 Å². The highest BCUT2D eigenvalue weighted by molar-refractivity contribution is 7.99. The van der Waals surface area contributed by atoms with Crippen molar-refractivity contribution in [2.75, 3.05) is 12.3 Å². The summed E-state index contributed by atoms with van der Waals surface area (Å²) in [5, 5.41) is 3.43. The molecule has 2 rings (SSSR count). The fourth-order valence-corrected chi connectivity index (χ4v) is 2.87. The van der Waals surface area contributed by atoms with Gasteiger partial charge in [0.1, 0.15) is 0 Å². The van der Waals surface area contributed by atoms with Crippen LogP contribution in [-0.4, -0.2) is 12.3 Å². The summed E-state index contributed by atoms with van der Waals surface area (Å²) in [7, 11) is 0. The van der Waals surface area contributed by atoms with Crippen molar-refractivity contribution in [2.24, 2.45) is 5.92 Å². The SMILES string of the molecule is CCNC(C)c1ccc(SCC2CC2)cc1. The summed E-state index contributed by atoms with van der Waals surface area (Å²) in [6.45, 7) is 5.39. The quantitative estimate of drug-likeness (QED) is 0.751. The topological polar surface area (TPSA) is 12.0 Å². The predicted octanol–water partition coefficient (Wildman–Crippen LogP) is 3.86. The van der Waals surface area contributed by atoms with Crippen LogP contribution in [0, 0.1) is 5.92 Å². The molecular weight excluding hydrogens is 214 g/mol. The molecule has 0 amide bonds. The third kappa shape index (κ3) is 3.53. The molecular formula is C14H21NS. The lowest BCUT2D eigenvalue weighted by Gasteiger charge is -2.12. The monoisotopic (exact) mass is 235 g/mol. The van der Waals surface area contributed by atoms with E-state index in [1.807, 2.05) is 11.8 Å². The maximum Gasteiger partial charge on any atom is 0.0291 e. The van der Waals surface area contributed by atoms with Gasteiger partial charge in [-0.25, -0.2) is 0 Å². The van der Waals surface area contributed by atoms with Gasteiger partial charge in [-0.2, -0.15) is 0 Å². The first kappa shape index (κ1) is 12.0. The second-order valence-corrected chi connectivity index (χ2v) is 5.70. The van der Waals surface area contributed by atoms with Crippen LogP contribution in [0.1, 0.15) is 38.3 Å². The lowest BCUT2D eigenvalue weighted by Crippen LogP contribution is -2.17. The molecule has 0 aliphatic heterocycles. The lowest BCUT2D eigenvalue weighted by atomic mass is 10.1. The molecule has 0 radical (unpaired) electrons. The molecule has 0 heterocycles. The van der Waals surface area contributed by atoms with E-state index >= 15 is 0 Å². The maximum absolute atomic E-state index is 3.43. The normalized spacial score (nSPS) is 17.4. The van der Waals surface area contributed by atoms with Crippen LogP contribution >= 0.6 is 11.8 Å². The Morgan fingerprint density at radius 1 is 1.31 bits per heavy atom. The summed E-state index contributed by atoms with van der Waals surface area (Å²) in [6.07, 6.45) is 2.89. The van der Waals surface area contributed by atoms with Gasteiger partial charge in [-0.3, -0.25) is 0 Å². The largest absolute Gasteiger partial charge is 0.310 e. The second-order valence-electron chi connectivity index (χ2n) is 4.60. The van der Waals surface area contributed by atoms with Gasteiger partial charge >= 0.3 is 0 Å². The Morgan fingerprint density at radius 2 is 2.00 bits per heavy atom. The van der Waals surface area contributed by atoms with Crippen LogP contribution in [0.2, 0.25) is 0 Å². The number of benzene rings is 1. The summed E-state index contributed by atoms with van der Waals surface area (Å²) >= 11 is 2.00. The van der Waals surface area contributed by atoms with Crippen molar-refractivity contribution in [3.63, 3.8) is 0 Å². The number of rotatable bonds is 6. The summed E-state index contributed by atoms with van der Waals surface area (Å²) in [5.41, 5.74) is 1.39. The van der Waals surface area contributed by atoms with Gasteiger partial charge in [-0.15, -0.1) is 11.8 Å². The van der Waals surface area contributed by atoms with E-state index in [0.717, 1.165) is 12.5 Å². The highest BCUT2D eigenvalue weighted by Crippen LogP contribution is 2.35. The number of hydrogen-bond acceptors (Lipinski definition) is 2. The van der Waals surface area contributed by atoms with Crippen molar-refractivity contribution in [3.8, 4) is 0 Å². The van der Waals surface area contributed by atoms with Gasteiger partial charge in [0.15, 0.2) is 0 Å². The first-order chi connectivity index (χ1) is 7.79. The molecule has 0 saturated heterocycles. The van der Waals surface area contributed by atoms with Crippen LogP contribution < -0.4 is 5.32 Å². The fourth-order valence-electron chi connectivity index (χ4n) is 1.78. The Hall–Kier alpha value is -0.470. The van der Waals surface area contributed by atoms with E-state index in [1.165, 1.54) is 29.1 Å². The summed E-state index contributed by atoms with van der Waals surface area (Å²) in [5.74, 6) is 2.31. The minimum Gasteiger partial charge on any atom is -0.310 e. The van der Waals surface area contributed by atoms with Crippen molar-refractivity contribution in [3.05, 3.63) is 29.8 Å². The zero-order valence-corrected chi connectivity index (χ0v) is 11.0. The van der Waals surface area contributed by atoms with Crippen molar-refractivity contribution in [1.29, 1.82) is 0 Å². The first-order valence-electron chi connectivity index (χ1n) is 6.25. The van der Waals surface area contributed by atoms with E-state index in [0.29, 0.717) is 6.04 Å². The minimum absolute atomic E-state index is 0.465. The molecule has 1 nitrogen and oxygen atoms in total. The van der Waals surface area contributed by atoms with Gasteiger partial charge in [0, 0.05) is 16.7 Å². The maximum atomic E-state index is 3.43. The smallest absolute Gasteiger partial charge is 0.0291 e. The van der Waals surface area contributed by atoms with Crippen LogP contribution in [0.15, 0.2) is 29.2 Å². The van der Waals surface area contributed by atoms with E-state index in [4.69, 9.17) is 0 Å². The molecule has 0 spiro atoms. The third-order valence-corrected chi connectivity index (χ3v) is 4.32. The molecule has 1 unspecified atom stereocenters. The lowest BCUT2D eigenvalue weighted by molar-refractivity contribution is 0.598.